The molecular formula is C16H26N4O2. The number of imidazole rings is 1. The van der Waals surface area contributed by atoms with Crippen molar-refractivity contribution < 1.29 is 9.53 Å². The van der Waals surface area contributed by atoms with Crippen LogP contribution < -0.4 is 5.32 Å². The summed E-state index contributed by atoms with van der Waals surface area (Å²) < 4.78 is 7.84. The van der Waals surface area contributed by atoms with Crippen molar-refractivity contribution in [3.05, 3.63) is 18.2 Å². The molecule has 0 aromatic carbocycles. The summed E-state index contributed by atoms with van der Waals surface area (Å²) in [5, 5.41) is 3.07. The predicted octanol–water partition coefficient (Wildman–Crippen LogP) is 1.65. The summed E-state index contributed by atoms with van der Waals surface area (Å²) in [4.78, 5) is 18.5. The Labute approximate surface area is 131 Å². The highest BCUT2D eigenvalue weighted by Crippen LogP contribution is 2.20. The van der Waals surface area contributed by atoms with Crippen molar-refractivity contribution in [3.8, 4) is 0 Å². The zero-order valence-corrected chi connectivity index (χ0v) is 13.5. The first-order valence-electron chi connectivity index (χ1n) is 8.26. The number of fused-ring (bicyclic) bond motifs is 1. The van der Waals surface area contributed by atoms with Crippen molar-refractivity contribution in [1.82, 2.24) is 19.8 Å². The van der Waals surface area contributed by atoms with Crippen molar-refractivity contribution >= 4 is 6.03 Å². The van der Waals surface area contributed by atoms with Crippen molar-refractivity contribution in [3.63, 3.8) is 0 Å². The van der Waals surface area contributed by atoms with E-state index in [4.69, 9.17) is 4.74 Å². The number of aryl methyl sites for hydroxylation is 1. The first-order valence-corrected chi connectivity index (χ1v) is 8.26. The highest BCUT2D eigenvalue weighted by atomic mass is 16.5. The fourth-order valence-electron chi connectivity index (χ4n) is 3.44. The van der Waals surface area contributed by atoms with Crippen LogP contribution in [0.3, 0.4) is 0 Å². The minimum absolute atomic E-state index is 0.00286. The van der Waals surface area contributed by atoms with Crippen LogP contribution in [0.1, 0.15) is 32.0 Å². The second-order valence-corrected chi connectivity index (χ2v) is 6.57. The Morgan fingerprint density at radius 3 is 3.23 bits per heavy atom. The van der Waals surface area contributed by atoms with Crippen LogP contribution in [0.5, 0.6) is 0 Å². The number of rotatable bonds is 4. The summed E-state index contributed by atoms with van der Waals surface area (Å²) in [5.41, 5.74) is 0. The molecule has 3 rings (SSSR count). The van der Waals surface area contributed by atoms with Crippen molar-refractivity contribution in [1.29, 1.82) is 0 Å². The summed E-state index contributed by atoms with van der Waals surface area (Å²) in [6.07, 6.45) is 8.24. The quantitative estimate of drug-likeness (QED) is 0.920. The lowest BCUT2D eigenvalue weighted by Gasteiger charge is -2.29. The fraction of sp³-hybridized carbons (Fsp3) is 0.750. The number of hydrogen-bond donors (Lipinski definition) is 1. The van der Waals surface area contributed by atoms with E-state index in [2.05, 4.69) is 14.9 Å². The number of ether oxygens (including phenoxy) is 1. The van der Waals surface area contributed by atoms with Crippen LogP contribution in [0.25, 0.3) is 0 Å². The molecule has 0 radical (unpaired) electrons. The smallest absolute Gasteiger partial charge is 0.317 e. The average Bonchev–Trinajstić information content (AvgIpc) is 3.18. The maximum Gasteiger partial charge on any atom is 0.317 e. The van der Waals surface area contributed by atoms with Crippen LogP contribution in [0.4, 0.5) is 4.79 Å². The van der Waals surface area contributed by atoms with Crippen molar-refractivity contribution in [2.75, 3.05) is 20.2 Å². The lowest BCUT2D eigenvalue weighted by atomic mass is 9.97. The molecule has 0 saturated carbocycles. The number of urea groups is 1. The third kappa shape index (κ3) is 3.43. The first-order chi connectivity index (χ1) is 10.6. The van der Waals surface area contributed by atoms with Gasteiger partial charge in [0, 0.05) is 45.6 Å². The van der Waals surface area contributed by atoms with Gasteiger partial charge in [0.2, 0.25) is 0 Å². The van der Waals surface area contributed by atoms with Crippen molar-refractivity contribution in [2.45, 2.75) is 51.3 Å². The Bertz CT molecular complexity index is 510. The molecule has 1 aromatic heterocycles. The molecule has 1 N–H and O–H groups in total. The number of amides is 2. The molecule has 1 saturated heterocycles. The van der Waals surface area contributed by atoms with Crippen LogP contribution in [-0.4, -0.2) is 52.8 Å². The molecular weight excluding hydrogens is 280 g/mol. The van der Waals surface area contributed by atoms with Gasteiger partial charge in [-0.15, -0.1) is 0 Å². The second-order valence-electron chi connectivity index (χ2n) is 6.57. The van der Waals surface area contributed by atoms with Gasteiger partial charge < -0.3 is 19.5 Å². The van der Waals surface area contributed by atoms with Crippen LogP contribution >= 0.6 is 0 Å². The van der Waals surface area contributed by atoms with Gasteiger partial charge in [0.1, 0.15) is 5.82 Å². The van der Waals surface area contributed by atoms with Crippen LogP contribution in [0.15, 0.2) is 12.4 Å². The third-order valence-electron chi connectivity index (χ3n) is 4.80. The van der Waals surface area contributed by atoms with Gasteiger partial charge in [-0.25, -0.2) is 9.78 Å². The standard InChI is InChI=1S/C16H26N4O2/c1-12(14-4-3-9-22-14)18-16(21)19(2)11-13-5-7-20-8-6-17-15(20)10-13/h6,8,12-14H,3-5,7,9-11H2,1-2H3,(H,18,21)/t12-,13+,14-/m0/s1. The van der Waals surface area contributed by atoms with Gasteiger partial charge in [-0.1, -0.05) is 0 Å². The van der Waals surface area contributed by atoms with E-state index in [0.717, 1.165) is 51.2 Å². The molecule has 3 atom stereocenters. The van der Waals surface area contributed by atoms with Gasteiger partial charge in [0.05, 0.1) is 12.1 Å². The third-order valence-corrected chi connectivity index (χ3v) is 4.80. The van der Waals surface area contributed by atoms with Crippen LogP contribution in [0, 0.1) is 5.92 Å². The zero-order chi connectivity index (χ0) is 15.5. The molecule has 2 aliphatic rings. The summed E-state index contributed by atoms with van der Waals surface area (Å²) >= 11 is 0. The monoisotopic (exact) mass is 306 g/mol. The Morgan fingerprint density at radius 1 is 1.59 bits per heavy atom. The molecule has 22 heavy (non-hydrogen) atoms. The lowest BCUT2D eigenvalue weighted by Crippen LogP contribution is -2.48. The molecule has 2 aliphatic heterocycles. The van der Waals surface area contributed by atoms with Crippen molar-refractivity contribution in [2.24, 2.45) is 5.92 Å². The molecule has 3 heterocycles. The predicted molar refractivity (Wildman–Crippen MR) is 83.6 cm³/mol. The Balaban J connectivity index is 1.47. The van der Waals surface area contributed by atoms with E-state index in [1.807, 2.05) is 26.4 Å². The number of aromatic nitrogens is 2. The Kier molecular flexibility index (Phi) is 4.66. The molecule has 6 nitrogen and oxygen atoms in total. The number of carbonyl (C=O) groups is 1. The molecule has 0 unspecified atom stereocenters. The molecule has 1 fully saturated rings. The van der Waals surface area contributed by atoms with E-state index in [1.165, 1.54) is 0 Å². The average molecular weight is 306 g/mol. The second kappa shape index (κ2) is 6.69. The van der Waals surface area contributed by atoms with E-state index in [0.29, 0.717) is 5.92 Å². The van der Waals surface area contributed by atoms with Crippen LogP contribution in [-0.2, 0) is 17.7 Å². The number of nitrogens with one attached hydrogen (secondary N) is 1. The highest BCUT2D eigenvalue weighted by molar-refractivity contribution is 5.74. The Hall–Kier alpha value is -1.56. The number of carbonyl (C=O) groups excluding carboxylic acids is 1. The van der Waals surface area contributed by atoms with E-state index >= 15 is 0 Å². The Morgan fingerprint density at radius 2 is 2.45 bits per heavy atom. The van der Waals surface area contributed by atoms with E-state index < -0.39 is 0 Å². The summed E-state index contributed by atoms with van der Waals surface area (Å²) in [6, 6.07) is 0.0691. The summed E-state index contributed by atoms with van der Waals surface area (Å²) in [6.45, 7) is 4.62. The molecule has 1 aromatic rings. The normalized spacial score (nSPS) is 25.5. The highest BCUT2D eigenvalue weighted by Gasteiger charge is 2.26. The van der Waals surface area contributed by atoms with E-state index in [1.54, 1.807) is 4.90 Å². The van der Waals surface area contributed by atoms with Gasteiger partial charge in [-0.05, 0) is 32.1 Å². The molecule has 0 bridgehead atoms. The van der Waals surface area contributed by atoms with Gasteiger partial charge in [0.25, 0.3) is 0 Å². The van der Waals surface area contributed by atoms with Gasteiger partial charge in [-0.3, -0.25) is 0 Å². The minimum atomic E-state index is -0.00286. The number of nitrogens with zero attached hydrogens (tertiary/aromatic N) is 3. The SMILES string of the molecule is C[C@H](NC(=O)N(C)C[C@@H]1CCn2ccnc2C1)[C@@H]1CCCO1. The van der Waals surface area contributed by atoms with Gasteiger partial charge in [0.15, 0.2) is 0 Å². The molecule has 0 spiro atoms. The van der Waals surface area contributed by atoms with Crippen LogP contribution in [0.2, 0.25) is 0 Å². The topological polar surface area (TPSA) is 59.4 Å². The fourth-order valence-corrected chi connectivity index (χ4v) is 3.44. The summed E-state index contributed by atoms with van der Waals surface area (Å²) in [7, 11) is 1.87. The maximum absolute atomic E-state index is 12.3. The van der Waals surface area contributed by atoms with Gasteiger partial charge >= 0.3 is 6.03 Å². The lowest BCUT2D eigenvalue weighted by molar-refractivity contribution is 0.0834. The zero-order valence-electron chi connectivity index (χ0n) is 13.5. The molecule has 0 aliphatic carbocycles. The summed E-state index contributed by atoms with van der Waals surface area (Å²) in [5.74, 6) is 1.63. The van der Waals surface area contributed by atoms with Gasteiger partial charge in [-0.2, -0.15) is 0 Å². The number of hydrogen-bond acceptors (Lipinski definition) is 3. The van der Waals surface area contributed by atoms with E-state index in [9.17, 15) is 4.79 Å². The first kappa shape index (κ1) is 15.3. The molecule has 6 heteroatoms. The molecule has 2 amide bonds. The largest absolute Gasteiger partial charge is 0.376 e. The minimum Gasteiger partial charge on any atom is -0.376 e. The molecule has 122 valence electrons. The van der Waals surface area contributed by atoms with E-state index in [-0.39, 0.29) is 18.2 Å². The maximum atomic E-state index is 12.3.